The van der Waals surface area contributed by atoms with E-state index in [0.717, 1.165) is 31.5 Å². The van der Waals surface area contributed by atoms with Gasteiger partial charge in [-0.15, -0.1) is 12.4 Å². The average molecular weight is 271 g/mol. The molecule has 0 saturated carbocycles. The third kappa shape index (κ3) is 3.62. The van der Waals surface area contributed by atoms with Gasteiger partial charge in [0.05, 0.1) is 0 Å². The molecule has 0 radical (unpaired) electrons. The van der Waals surface area contributed by atoms with Gasteiger partial charge in [0.1, 0.15) is 5.75 Å². The van der Waals surface area contributed by atoms with Crippen LogP contribution in [0.4, 0.5) is 5.69 Å². The number of benzene rings is 1. The van der Waals surface area contributed by atoms with Gasteiger partial charge in [-0.2, -0.15) is 0 Å². The zero-order valence-electron chi connectivity index (χ0n) is 10.4. The fourth-order valence-corrected chi connectivity index (χ4v) is 2.02. The molecule has 0 bridgehead atoms. The molecule has 1 saturated heterocycles. The Hall–Kier alpha value is -1.26. The van der Waals surface area contributed by atoms with Crippen molar-refractivity contribution in [3.8, 4) is 5.75 Å². The highest BCUT2D eigenvalue weighted by molar-refractivity contribution is 5.92. The monoisotopic (exact) mass is 270 g/mol. The van der Waals surface area contributed by atoms with E-state index in [1.807, 2.05) is 13.0 Å². The molecule has 1 heterocycles. The predicted octanol–water partition coefficient (Wildman–Crippen LogP) is 2.06. The number of halogens is 1. The molecule has 0 unspecified atom stereocenters. The van der Waals surface area contributed by atoms with Gasteiger partial charge < -0.3 is 15.7 Å². The summed E-state index contributed by atoms with van der Waals surface area (Å²) < 4.78 is 0. The Morgan fingerprint density at radius 1 is 1.39 bits per heavy atom. The highest BCUT2D eigenvalue weighted by Gasteiger charge is 2.20. The molecular weight excluding hydrogens is 252 g/mol. The minimum absolute atomic E-state index is 0. The lowest BCUT2D eigenvalue weighted by Gasteiger charge is -2.21. The number of hydrogen-bond donors (Lipinski definition) is 3. The number of anilines is 1. The highest BCUT2D eigenvalue weighted by atomic mass is 35.5. The van der Waals surface area contributed by atoms with Crippen LogP contribution in [0.25, 0.3) is 0 Å². The zero-order valence-corrected chi connectivity index (χ0v) is 11.2. The number of hydrogen-bond acceptors (Lipinski definition) is 3. The molecule has 1 aliphatic heterocycles. The molecule has 3 N–H and O–H groups in total. The maximum atomic E-state index is 11.9. The molecule has 5 heteroatoms. The summed E-state index contributed by atoms with van der Waals surface area (Å²) in [4.78, 5) is 11.9. The van der Waals surface area contributed by atoms with E-state index >= 15 is 0 Å². The summed E-state index contributed by atoms with van der Waals surface area (Å²) in [6.07, 6.45) is 1.76. The lowest BCUT2D eigenvalue weighted by molar-refractivity contribution is -0.120. The molecule has 0 atom stereocenters. The van der Waals surface area contributed by atoms with Crippen molar-refractivity contribution in [1.82, 2.24) is 5.32 Å². The molecule has 1 amide bonds. The second kappa shape index (κ2) is 6.61. The van der Waals surface area contributed by atoms with Gasteiger partial charge in [0.25, 0.3) is 0 Å². The number of nitrogens with one attached hydrogen (secondary N) is 2. The fourth-order valence-electron chi connectivity index (χ4n) is 2.02. The van der Waals surface area contributed by atoms with Gasteiger partial charge in [-0.25, -0.2) is 0 Å². The number of amides is 1. The van der Waals surface area contributed by atoms with Crippen molar-refractivity contribution in [1.29, 1.82) is 0 Å². The summed E-state index contributed by atoms with van der Waals surface area (Å²) in [5, 5.41) is 15.6. The highest BCUT2D eigenvalue weighted by Crippen LogP contribution is 2.22. The number of rotatable bonds is 2. The van der Waals surface area contributed by atoms with Gasteiger partial charge in [-0.05, 0) is 44.5 Å². The first-order valence-corrected chi connectivity index (χ1v) is 5.98. The van der Waals surface area contributed by atoms with Gasteiger partial charge in [0.2, 0.25) is 5.91 Å². The van der Waals surface area contributed by atoms with Crippen molar-refractivity contribution in [2.45, 2.75) is 19.8 Å². The first-order valence-electron chi connectivity index (χ1n) is 5.98. The van der Waals surface area contributed by atoms with E-state index in [1.165, 1.54) is 0 Å². The lowest BCUT2D eigenvalue weighted by Crippen LogP contribution is -2.34. The van der Waals surface area contributed by atoms with E-state index in [1.54, 1.807) is 12.1 Å². The van der Waals surface area contributed by atoms with E-state index in [4.69, 9.17) is 0 Å². The predicted molar refractivity (Wildman–Crippen MR) is 74.3 cm³/mol. The number of carbonyl (C=O) groups is 1. The van der Waals surface area contributed by atoms with E-state index in [-0.39, 0.29) is 30.0 Å². The van der Waals surface area contributed by atoms with Crippen LogP contribution in [0.3, 0.4) is 0 Å². The van der Waals surface area contributed by atoms with E-state index in [0.29, 0.717) is 5.69 Å². The smallest absolute Gasteiger partial charge is 0.227 e. The molecule has 0 aromatic heterocycles. The standard InChI is InChI=1S/C13H18N2O2.ClH/c1-9-2-3-11(8-12(9)16)15-13(17)10-4-6-14-7-5-10;/h2-3,8,10,14,16H,4-7H2,1H3,(H,15,17);1H. The Balaban J connectivity index is 0.00000162. The Labute approximate surface area is 113 Å². The number of phenolic OH excluding ortho intramolecular Hbond substituents is 1. The quantitative estimate of drug-likeness (QED) is 0.771. The minimum atomic E-state index is 0. The first kappa shape index (κ1) is 14.8. The Kier molecular flexibility index (Phi) is 5.44. The van der Waals surface area contributed by atoms with Gasteiger partial charge in [-0.1, -0.05) is 6.07 Å². The topological polar surface area (TPSA) is 61.4 Å². The van der Waals surface area contributed by atoms with Crippen molar-refractivity contribution in [3.05, 3.63) is 23.8 Å². The molecule has 18 heavy (non-hydrogen) atoms. The molecule has 0 spiro atoms. The van der Waals surface area contributed by atoms with Gasteiger partial charge in [0.15, 0.2) is 0 Å². The zero-order chi connectivity index (χ0) is 12.3. The van der Waals surface area contributed by atoms with Crippen molar-refractivity contribution in [2.24, 2.45) is 5.92 Å². The van der Waals surface area contributed by atoms with Crippen LogP contribution < -0.4 is 10.6 Å². The second-order valence-corrected chi connectivity index (χ2v) is 4.51. The van der Waals surface area contributed by atoms with Crippen molar-refractivity contribution in [2.75, 3.05) is 18.4 Å². The minimum Gasteiger partial charge on any atom is -0.508 e. The van der Waals surface area contributed by atoms with E-state index < -0.39 is 0 Å². The maximum Gasteiger partial charge on any atom is 0.227 e. The summed E-state index contributed by atoms with van der Waals surface area (Å²) in [6.45, 7) is 3.63. The number of phenols is 1. The Bertz CT molecular complexity index is 417. The summed E-state index contributed by atoms with van der Waals surface area (Å²) in [5.74, 6) is 0.350. The van der Waals surface area contributed by atoms with Gasteiger partial charge in [-0.3, -0.25) is 4.79 Å². The van der Waals surface area contributed by atoms with Crippen molar-refractivity contribution in [3.63, 3.8) is 0 Å². The summed E-state index contributed by atoms with van der Waals surface area (Å²) in [5.41, 5.74) is 1.47. The van der Waals surface area contributed by atoms with Crippen LogP contribution in [0, 0.1) is 12.8 Å². The first-order chi connectivity index (χ1) is 8.16. The molecule has 1 aliphatic rings. The molecular formula is C13H19ClN2O2. The molecule has 1 aromatic rings. The molecule has 4 nitrogen and oxygen atoms in total. The number of piperidine rings is 1. The molecule has 1 aromatic carbocycles. The third-order valence-corrected chi connectivity index (χ3v) is 3.19. The van der Waals surface area contributed by atoms with Crippen LogP contribution in [0.15, 0.2) is 18.2 Å². The van der Waals surface area contributed by atoms with Crippen LogP contribution in [0.1, 0.15) is 18.4 Å². The number of carbonyl (C=O) groups excluding carboxylic acids is 1. The third-order valence-electron chi connectivity index (χ3n) is 3.19. The fraction of sp³-hybridized carbons (Fsp3) is 0.462. The lowest BCUT2D eigenvalue weighted by atomic mass is 9.97. The SMILES string of the molecule is Cc1ccc(NC(=O)C2CCNCC2)cc1O.Cl. The summed E-state index contributed by atoms with van der Waals surface area (Å²) >= 11 is 0. The van der Waals surface area contributed by atoms with Gasteiger partial charge in [0, 0.05) is 17.7 Å². The summed E-state index contributed by atoms with van der Waals surface area (Å²) in [7, 11) is 0. The number of aromatic hydroxyl groups is 1. The molecule has 0 aliphatic carbocycles. The van der Waals surface area contributed by atoms with Crippen LogP contribution in [-0.4, -0.2) is 24.1 Å². The van der Waals surface area contributed by atoms with Crippen LogP contribution in [0.2, 0.25) is 0 Å². The Morgan fingerprint density at radius 3 is 2.67 bits per heavy atom. The second-order valence-electron chi connectivity index (χ2n) is 4.51. The molecule has 100 valence electrons. The Morgan fingerprint density at radius 2 is 2.06 bits per heavy atom. The molecule has 1 fully saturated rings. The normalized spacial score (nSPS) is 15.8. The van der Waals surface area contributed by atoms with Gasteiger partial charge >= 0.3 is 0 Å². The van der Waals surface area contributed by atoms with Crippen LogP contribution >= 0.6 is 12.4 Å². The van der Waals surface area contributed by atoms with Crippen LogP contribution in [-0.2, 0) is 4.79 Å². The van der Waals surface area contributed by atoms with Crippen molar-refractivity contribution >= 4 is 24.0 Å². The van der Waals surface area contributed by atoms with Crippen LogP contribution in [0.5, 0.6) is 5.75 Å². The number of aryl methyl sites for hydroxylation is 1. The maximum absolute atomic E-state index is 11.9. The van der Waals surface area contributed by atoms with Crippen molar-refractivity contribution < 1.29 is 9.90 Å². The average Bonchev–Trinajstić information content (AvgIpc) is 2.35. The van der Waals surface area contributed by atoms with E-state index in [9.17, 15) is 9.90 Å². The molecule has 2 rings (SSSR count). The summed E-state index contributed by atoms with van der Waals surface area (Å²) in [6, 6.07) is 5.20. The van der Waals surface area contributed by atoms with E-state index in [2.05, 4.69) is 10.6 Å². The largest absolute Gasteiger partial charge is 0.508 e.